The smallest absolute Gasteiger partial charge is 0.224 e. The Hall–Kier alpha value is -3.48. The van der Waals surface area contributed by atoms with Gasteiger partial charge in [-0.2, -0.15) is 0 Å². The van der Waals surface area contributed by atoms with Gasteiger partial charge in [-0.15, -0.1) is 0 Å². The zero-order chi connectivity index (χ0) is 20.6. The summed E-state index contributed by atoms with van der Waals surface area (Å²) < 4.78 is 21.6. The summed E-state index contributed by atoms with van der Waals surface area (Å²) in [6.07, 6.45) is 2.31. The molecule has 3 aromatic rings. The zero-order valence-electron chi connectivity index (χ0n) is 16.7. The minimum absolute atomic E-state index is 0.141. The Morgan fingerprint density at radius 1 is 1.07 bits per heavy atom. The molecule has 0 radical (unpaired) electrons. The highest BCUT2D eigenvalue weighted by Crippen LogP contribution is 2.30. The summed E-state index contributed by atoms with van der Waals surface area (Å²) in [5.41, 5.74) is 1.54. The van der Waals surface area contributed by atoms with Crippen molar-refractivity contribution in [3.05, 3.63) is 54.6 Å². The van der Waals surface area contributed by atoms with E-state index < -0.39 is 0 Å². The molecule has 2 aromatic carbocycles. The van der Waals surface area contributed by atoms with Crippen LogP contribution >= 0.6 is 0 Å². The van der Waals surface area contributed by atoms with Gasteiger partial charge in [-0.05, 0) is 43.3 Å². The number of nitrogens with one attached hydrogen (secondary N) is 1. The van der Waals surface area contributed by atoms with Crippen molar-refractivity contribution in [3.8, 4) is 28.6 Å². The fourth-order valence-electron chi connectivity index (χ4n) is 2.80. The summed E-state index contributed by atoms with van der Waals surface area (Å²) >= 11 is 0. The molecule has 0 saturated carbocycles. The molecule has 7 heteroatoms. The van der Waals surface area contributed by atoms with Crippen LogP contribution in [0.5, 0.6) is 17.2 Å². The molecule has 0 atom stereocenters. The molecular formula is C22H24N2O5. The second kappa shape index (κ2) is 9.64. The molecule has 1 N–H and O–H groups in total. The van der Waals surface area contributed by atoms with E-state index in [2.05, 4.69) is 10.3 Å². The van der Waals surface area contributed by atoms with Crippen molar-refractivity contribution >= 4 is 11.6 Å². The first kappa shape index (κ1) is 20.3. The van der Waals surface area contributed by atoms with Crippen molar-refractivity contribution in [3.63, 3.8) is 0 Å². The number of benzene rings is 2. The molecule has 0 aliphatic rings. The number of hydrogen-bond acceptors (Lipinski definition) is 6. The number of aryl methyl sites for hydroxylation is 1. The second-order valence-electron chi connectivity index (χ2n) is 6.19. The standard InChI is InChI=1S/C22H24N2O5/c1-4-28-17-8-5-15(6-9-17)20-14-23-22(29-20)12-11-21(25)24-16-7-10-18(26-2)19(13-16)27-3/h5-10,13-14H,4,11-12H2,1-3H3,(H,24,25). The number of oxazole rings is 1. The topological polar surface area (TPSA) is 82.8 Å². The van der Waals surface area contributed by atoms with Crippen molar-refractivity contribution < 1.29 is 23.4 Å². The van der Waals surface area contributed by atoms with Crippen LogP contribution in [0.25, 0.3) is 11.3 Å². The molecule has 0 fully saturated rings. The highest BCUT2D eigenvalue weighted by atomic mass is 16.5. The van der Waals surface area contributed by atoms with Gasteiger partial charge in [-0.3, -0.25) is 4.79 Å². The van der Waals surface area contributed by atoms with Gasteiger partial charge in [-0.1, -0.05) is 0 Å². The maximum atomic E-state index is 12.2. The monoisotopic (exact) mass is 396 g/mol. The molecule has 0 aliphatic heterocycles. The first-order chi connectivity index (χ1) is 14.1. The van der Waals surface area contributed by atoms with Gasteiger partial charge in [0.2, 0.25) is 5.91 Å². The summed E-state index contributed by atoms with van der Waals surface area (Å²) in [6, 6.07) is 12.8. The zero-order valence-corrected chi connectivity index (χ0v) is 16.7. The fourth-order valence-corrected chi connectivity index (χ4v) is 2.80. The Morgan fingerprint density at radius 3 is 2.52 bits per heavy atom. The first-order valence-electron chi connectivity index (χ1n) is 9.32. The maximum absolute atomic E-state index is 12.2. The number of anilines is 1. The van der Waals surface area contributed by atoms with E-state index in [1.165, 1.54) is 0 Å². The van der Waals surface area contributed by atoms with E-state index in [0.29, 0.717) is 41.9 Å². The quantitative estimate of drug-likeness (QED) is 0.580. The lowest BCUT2D eigenvalue weighted by Crippen LogP contribution is -2.12. The van der Waals surface area contributed by atoms with E-state index in [-0.39, 0.29) is 12.3 Å². The summed E-state index contributed by atoms with van der Waals surface area (Å²) in [4.78, 5) is 16.5. The maximum Gasteiger partial charge on any atom is 0.224 e. The van der Waals surface area contributed by atoms with Gasteiger partial charge in [0.05, 0.1) is 27.0 Å². The van der Waals surface area contributed by atoms with Crippen LogP contribution in [-0.2, 0) is 11.2 Å². The molecule has 1 heterocycles. The van der Waals surface area contributed by atoms with Crippen LogP contribution < -0.4 is 19.5 Å². The minimum Gasteiger partial charge on any atom is -0.494 e. The van der Waals surface area contributed by atoms with Gasteiger partial charge >= 0.3 is 0 Å². The van der Waals surface area contributed by atoms with Gasteiger partial charge in [0, 0.05) is 30.2 Å². The van der Waals surface area contributed by atoms with Gasteiger partial charge in [0.15, 0.2) is 23.1 Å². The summed E-state index contributed by atoms with van der Waals surface area (Å²) in [7, 11) is 3.11. The molecular weight excluding hydrogens is 372 g/mol. The number of carbonyl (C=O) groups is 1. The molecule has 0 bridgehead atoms. The van der Waals surface area contributed by atoms with Crippen molar-refractivity contribution in [1.82, 2.24) is 4.98 Å². The Kier molecular flexibility index (Phi) is 6.73. The Labute approximate surface area is 169 Å². The number of rotatable bonds is 9. The number of nitrogens with zero attached hydrogens (tertiary/aromatic N) is 1. The summed E-state index contributed by atoms with van der Waals surface area (Å²) in [6.45, 7) is 2.56. The third-order valence-corrected chi connectivity index (χ3v) is 4.24. The van der Waals surface area contributed by atoms with Crippen LogP contribution in [0.3, 0.4) is 0 Å². The van der Waals surface area contributed by atoms with Crippen LogP contribution in [0.1, 0.15) is 19.2 Å². The highest BCUT2D eigenvalue weighted by Gasteiger charge is 2.11. The summed E-state index contributed by atoms with van der Waals surface area (Å²) in [5, 5.41) is 2.84. The average Bonchev–Trinajstić information content (AvgIpc) is 3.22. The van der Waals surface area contributed by atoms with Gasteiger partial charge in [0.1, 0.15) is 5.75 Å². The van der Waals surface area contributed by atoms with Crippen LogP contribution in [-0.4, -0.2) is 31.7 Å². The normalized spacial score (nSPS) is 10.4. The predicted molar refractivity (Wildman–Crippen MR) is 110 cm³/mol. The number of aromatic nitrogens is 1. The Balaban J connectivity index is 1.56. The van der Waals surface area contributed by atoms with E-state index in [0.717, 1.165) is 11.3 Å². The first-order valence-corrected chi connectivity index (χ1v) is 9.32. The molecule has 0 aliphatic carbocycles. The molecule has 7 nitrogen and oxygen atoms in total. The third-order valence-electron chi connectivity index (χ3n) is 4.24. The lowest BCUT2D eigenvalue weighted by molar-refractivity contribution is -0.116. The Bertz CT molecular complexity index is 950. The molecule has 0 spiro atoms. The van der Waals surface area contributed by atoms with E-state index in [1.54, 1.807) is 38.6 Å². The number of hydrogen-bond donors (Lipinski definition) is 1. The van der Waals surface area contributed by atoms with Crippen molar-refractivity contribution in [2.24, 2.45) is 0 Å². The number of ether oxygens (including phenoxy) is 3. The van der Waals surface area contributed by atoms with E-state index in [4.69, 9.17) is 18.6 Å². The number of carbonyl (C=O) groups excluding carboxylic acids is 1. The van der Waals surface area contributed by atoms with Crippen molar-refractivity contribution in [2.45, 2.75) is 19.8 Å². The van der Waals surface area contributed by atoms with Crippen LogP contribution in [0.2, 0.25) is 0 Å². The van der Waals surface area contributed by atoms with Gasteiger partial charge in [-0.25, -0.2) is 4.98 Å². The summed E-state index contributed by atoms with van der Waals surface area (Å²) in [5.74, 6) is 2.99. The SMILES string of the molecule is CCOc1ccc(-c2cnc(CCC(=O)Nc3ccc(OC)c(OC)c3)o2)cc1. The predicted octanol–water partition coefficient (Wildman–Crippen LogP) is 4.33. The lowest BCUT2D eigenvalue weighted by atomic mass is 10.2. The molecule has 29 heavy (non-hydrogen) atoms. The van der Waals surface area contributed by atoms with E-state index in [9.17, 15) is 4.79 Å². The van der Waals surface area contributed by atoms with Crippen LogP contribution in [0, 0.1) is 0 Å². The molecule has 1 aromatic heterocycles. The number of amides is 1. The largest absolute Gasteiger partial charge is 0.494 e. The van der Waals surface area contributed by atoms with E-state index in [1.807, 2.05) is 31.2 Å². The van der Waals surface area contributed by atoms with Gasteiger partial charge < -0.3 is 23.9 Å². The van der Waals surface area contributed by atoms with Gasteiger partial charge in [0.25, 0.3) is 0 Å². The molecule has 0 unspecified atom stereocenters. The van der Waals surface area contributed by atoms with Crippen LogP contribution in [0.4, 0.5) is 5.69 Å². The molecule has 152 valence electrons. The molecule has 1 amide bonds. The number of methoxy groups -OCH3 is 2. The molecule has 3 rings (SSSR count). The third kappa shape index (κ3) is 5.28. The van der Waals surface area contributed by atoms with Crippen LogP contribution in [0.15, 0.2) is 53.1 Å². The van der Waals surface area contributed by atoms with E-state index >= 15 is 0 Å². The Morgan fingerprint density at radius 2 is 1.83 bits per heavy atom. The van der Waals surface area contributed by atoms with Crippen molar-refractivity contribution in [1.29, 1.82) is 0 Å². The minimum atomic E-state index is -0.141. The molecule has 0 saturated heterocycles. The highest BCUT2D eigenvalue weighted by molar-refractivity contribution is 5.91. The fraction of sp³-hybridized carbons (Fsp3) is 0.273. The average molecular weight is 396 g/mol. The lowest BCUT2D eigenvalue weighted by Gasteiger charge is -2.10. The second-order valence-corrected chi connectivity index (χ2v) is 6.19. The van der Waals surface area contributed by atoms with Crippen molar-refractivity contribution in [2.75, 3.05) is 26.1 Å².